The molecule has 2 aromatic rings. The minimum atomic E-state index is -4.60. The van der Waals surface area contributed by atoms with Gasteiger partial charge in [0.25, 0.3) is 0 Å². The maximum Gasteiger partial charge on any atom is 0.410 e. The molecule has 1 amide bonds. The van der Waals surface area contributed by atoms with Crippen LogP contribution in [0.1, 0.15) is 58.1 Å². The van der Waals surface area contributed by atoms with Crippen molar-refractivity contribution in [3.05, 3.63) is 42.0 Å². The second-order valence-corrected chi connectivity index (χ2v) is 8.50. The van der Waals surface area contributed by atoms with Crippen molar-refractivity contribution in [1.29, 1.82) is 0 Å². The number of hydrazine groups is 1. The third-order valence-corrected chi connectivity index (χ3v) is 5.51. The van der Waals surface area contributed by atoms with E-state index in [1.807, 2.05) is 0 Å². The van der Waals surface area contributed by atoms with Gasteiger partial charge in [-0.3, -0.25) is 10.2 Å². The molecule has 0 saturated carbocycles. The van der Waals surface area contributed by atoms with Crippen LogP contribution >= 0.6 is 0 Å². The van der Waals surface area contributed by atoms with E-state index in [1.54, 1.807) is 50.2 Å². The Balaban J connectivity index is 2.04. The number of nitrogens with one attached hydrogen (secondary N) is 1. The van der Waals surface area contributed by atoms with Crippen LogP contribution in [-0.4, -0.2) is 30.2 Å². The van der Waals surface area contributed by atoms with Gasteiger partial charge < -0.3 is 4.74 Å². The molecule has 1 unspecified atom stereocenters. The number of rotatable bonds is 8. The van der Waals surface area contributed by atoms with Crippen LogP contribution in [0.5, 0.6) is 5.75 Å². The Morgan fingerprint density at radius 3 is 2.50 bits per heavy atom. The van der Waals surface area contributed by atoms with E-state index in [2.05, 4.69) is 12.3 Å². The summed E-state index contributed by atoms with van der Waals surface area (Å²) in [5.41, 5.74) is 1.59. The van der Waals surface area contributed by atoms with E-state index in [1.165, 1.54) is 0 Å². The van der Waals surface area contributed by atoms with Gasteiger partial charge in [0, 0.05) is 12.1 Å². The lowest BCUT2D eigenvalue weighted by atomic mass is 9.92. The highest BCUT2D eigenvalue weighted by molar-refractivity contribution is 5.89. The summed E-state index contributed by atoms with van der Waals surface area (Å²) in [4.78, 5) is 12.2. The van der Waals surface area contributed by atoms with Crippen molar-refractivity contribution in [1.82, 2.24) is 10.4 Å². The highest BCUT2D eigenvalue weighted by Gasteiger charge is 2.52. The summed E-state index contributed by atoms with van der Waals surface area (Å²) in [6.45, 7) is 5.69. The fourth-order valence-corrected chi connectivity index (χ4v) is 3.87. The maximum atomic E-state index is 14.4. The molecule has 0 spiro atoms. The number of carbonyl (C=O) groups is 1. The molecule has 1 aliphatic rings. The van der Waals surface area contributed by atoms with Crippen LogP contribution in [0.4, 0.5) is 13.2 Å². The third-order valence-electron chi connectivity index (χ3n) is 5.51. The second-order valence-electron chi connectivity index (χ2n) is 8.50. The first-order valence-corrected chi connectivity index (χ1v) is 10.4. The standard InChI is InChI=1S/C23H29F3N2O2/c1-4-5-6-9-14-30-18-13-12-16-10-7-8-11-17(16)19(18)20(23(24,25)26)28-15-22(2,3)21(29)27-28/h7-8,10-13,20H,4-6,9,14-15H2,1-3H3,(H,27,29). The summed E-state index contributed by atoms with van der Waals surface area (Å²) in [6.07, 6.45) is -0.712. The lowest BCUT2D eigenvalue weighted by Gasteiger charge is -2.32. The average Bonchev–Trinajstić information content (AvgIpc) is 2.94. The van der Waals surface area contributed by atoms with E-state index in [0.717, 1.165) is 30.7 Å². The van der Waals surface area contributed by atoms with Gasteiger partial charge in [0.2, 0.25) is 5.91 Å². The molecule has 0 bridgehead atoms. The molecule has 3 rings (SSSR count). The molecular weight excluding hydrogens is 393 g/mol. The van der Waals surface area contributed by atoms with Gasteiger partial charge in [-0.25, -0.2) is 5.01 Å². The first-order chi connectivity index (χ1) is 14.1. The topological polar surface area (TPSA) is 41.6 Å². The fourth-order valence-electron chi connectivity index (χ4n) is 3.87. The zero-order valence-electron chi connectivity index (χ0n) is 17.7. The Morgan fingerprint density at radius 1 is 1.13 bits per heavy atom. The molecule has 30 heavy (non-hydrogen) atoms. The third kappa shape index (κ3) is 4.72. The minimum absolute atomic E-state index is 0.0465. The van der Waals surface area contributed by atoms with Crippen LogP contribution in [0.25, 0.3) is 10.8 Å². The molecule has 164 valence electrons. The van der Waals surface area contributed by atoms with Gasteiger partial charge in [-0.05, 0) is 37.1 Å². The molecule has 1 heterocycles. The van der Waals surface area contributed by atoms with Crippen molar-refractivity contribution in [2.24, 2.45) is 5.41 Å². The van der Waals surface area contributed by atoms with E-state index in [4.69, 9.17) is 4.74 Å². The zero-order chi connectivity index (χ0) is 21.9. The number of hydrogen-bond donors (Lipinski definition) is 1. The van der Waals surface area contributed by atoms with Crippen LogP contribution in [0.3, 0.4) is 0 Å². The van der Waals surface area contributed by atoms with E-state index in [0.29, 0.717) is 17.4 Å². The van der Waals surface area contributed by atoms with E-state index in [-0.39, 0.29) is 17.9 Å². The average molecular weight is 422 g/mol. The molecule has 0 radical (unpaired) electrons. The van der Waals surface area contributed by atoms with Gasteiger partial charge in [0.1, 0.15) is 5.75 Å². The summed E-state index contributed by atoms with van der Waals surface area (Å²) in [5.74, 6) is -0.203. The molecule has 1 saturated heterocycles. The molecule has 1 fully saturated rings. The quantitative estimate of drug-likeness (QED) is 0.549. The van der Waals surface area contributed by atoms with Gasteiger partial charge in [0.05, 0.1) is 12.0 Å². The summed E-state index contributed by atoms with van der Waals surface area (Å²) in [5, 5.41) is 2.18. The number of alkyl halides is 3. The molecular formula is C23H29F3N2O2. The normalized spacial score (nSPS) is 17.9. The SMILES string of the molecule is CCCCCCOc1ccc2ccccc2c1C(N1CC(C)(C)C(=O)N1)C(F)(F)F. The Hall–Kier alpha value is -2.28. The second kappa shape index (κ2) is 8.84. The summed E-state index contributed by atoms with van der Waals surface area (Å²) in [6, 6.07) is 8.36. The van der Waals surface area contributed by atoms with Crippen LogP contribution in [-0.2, 0) is 4.79 Å². The molecule has 0 aromatic heterocycles. The minimum Gasteiger partial charge on any atom is -0.493 e. The van der Waals surface area contributed by atoms with Crippen molar-refractivity contribution in [2.45, 2.75) is 58.7 Å². The largest absolute Gasteiger partial charge is 0.493 e. The van der Waals surface area contributed by atoms with Gasteiger partial charge in [0.15, 0.2) is 6.04 Å². The predicted molar refractivity (Wildman–Crippen MR) is 111 cm³/mol. The fraction of sp³-hybridized carbons (Fsp3) is 0.522. The highest BCUT2D eigenvalue weighted by Crippen LogP contribution is 2.46. The van der Waals surface area contributed by atoms with E-state index in [9.17, 15) is 18.0 Å². The lowest BCUT2D eigenvalue weighted by molar-refractivity contribution is -0.191. The van der Waals surface area contributed by atoms with E-state index >= 15 is 0 Å². The number of amides is 1. The molecule has 1 aliphatic heterocycles. The molecule has 4 nitrogen and oxygen atoms in total. The monoisotopic (exact) mass is 422 g/mol. The van der Waals surface area contributed by atoms with Gasteiger partial charge in [-0.2, -0.15) is 13.2 Å². The van der Waals surface area contributed by atoms with Crippen LogP contribution in [0, 0.1) is 5.41 Å². The predicted octanol–water partition coefficient (Wildman–Crippen LogP) is 5.78. The summed E-state index contributed by atoms with van der Waals surface area (Å²) < 4.78 is 49.0. The number of nitrogens with zero attached hydrogens (tertiary/aromatic N) is 1. The van der Waals surface area contributed by atoms with Crippen molar-refractivity contribution in [2.75, 3.05) is 13.2 Å². The number of hydrogen-bond acceptors (Lipinski definition) is 3. The van der Waals surface area contributed by atoms with Crippen LogP contribution < -0.4 is 10.2 Å². The number of ether oxygens (including phenoxy) is 1. The van der Waals surface area contributed by atoms with E-state index < -0.39 is 23.5 Å². The summed E-state index contributed by atoms with van der Waals surface area (Å²) >= 11 is 0. The first kappa shape index (κ1) is 22.4. The van der Waals surface area contributed by atoms with Gasteiger partial charge >= 0.3 is 6.18 Å². The van der Waals surface area contributed by atoms with Crippen molar-refractivity contribution < 1.29 is 22.7 Å². The lowest BCUT2D eigenvalue weighted by Crippen LogP contribution is -2.43. The van der Waals surface area contributed by atoms with Gasteiger partial charge in [-0.1, -0.05) is 56.5 Å². The smallest absolute Gasteiger partial charge is 0.410 e. The molecule has 7 heteroatoms. The number of fused-ring (bicyclic) bond motifs is 1. The number of benzene rings is 2. The number of unbranched alkanes of at least 4 members (excludes halogenated alkanes) is 3. The maximum absolute atomic E-state index is 14.4. The van der Waals surface area contributed by atoms with Crippen LogP contribution in [0.2, 0.25) is 0 Å². The Labute approximate surface area is 175 Å². The Morgan fingerprint density at radius 2 is 1.87 bits per heavy atom. The molecule has 1 atom stereocenters. The zero-order valence-corrected chi connectivity index (χ0v) is 17.7. The van der Waals surface area contributed by atoms with Crippen LogP contribution in [0.15, 0.2) is 36.4 Å². The Bertz CT molecular complexity index is 896. The molecule has 0 aliphatic carbocycles. The number of carbonyl (C=O) groups excluding carboxylic acids is 1. The molecule has 1 N–H and O–H groups in total. The van der Waals surface area contributed by atoms with Gasteiger partial charge in [-0.15, -0.1) is 0 Å². The first-order valence-electron chi connectivity index (χ1n) is 10.4. The number of halogens is 3. The van der Waals surface area contributed by atoms with Crippen molar-refractivity contribution in [3.63, 3.8) is 0 Å². The highest BCUT2D eigenvalue weighted by atomic mass is 19.4. The van der Waals surface area contributed by atoms with Crippen molar-refractivity contribution >= 4 is 16.7 Å². The van der Waals surface area contributed by atoms with Crippen molar-refractivity contribution in [3.8, 4) is 5.75 Å². The Kier molecular flexibility index (Phi) is 6.60. The summed E-state index contributed by atoms with van der Waals surface area (Å²) in [7, 11) is 0. The molecule has 2 aromatic carbocycles.